The number of aromatic nitrogens is 2. The molecule has 0 aliphatic heterocycles. The first-order chi connectivity index (χ1) is 13.9. The van der Waals surface area contributed by atoms with Crippen molar-refractivity contribution < 1.29 is 9.53 Å². The molecule has 2 heterocycles. The first kappa shape index (κ1) is 21.0. The molecule has 0 aliphatic rings. The molecule has 0 spiro atoms. The lowest BCUT2D eigenvalue weighted by molar-refractivity contribution is -0.118. The van der Waals surface area contributed by atoms with Gasteiger partial charge < -0.3 is 10.5 Å². The summed E-state index contributed by atoms with van der Waals surface area (Å²) in [5, 5.41) is 0.642. The number of hydrogen-bond donors (Lipinski definition) is 1. The maximum absolute atomic E-state index is 13.6. The standard InChI is InChI=1S/C22H27N3O3S/c1-5-16-18(14-8-6-9-15(12-14)28-4)19-21(29-16)24-20(13(2)3)25(22(19)27)11-7-10-17(23)26/h6,8-9,12-13H,5,7,10-11H2,1-4H3,(H2,23,26). The van der Waals surface area contributed by atoms with E-state index in [9.17, 15) is 9.59 Å². The van der Waals surface area contributed by atoms with Crippen LogP contribution in [0.5, 0.6) is 5.75 Å². The smallest absolute Gasteiger partial charge is 0.262 e. The fraction of sp³-hybridized carbons (Fsp3) is 0.409. The van der Waals surface area contributed by atoms with Gasteiger partial charge in [0.25, 0.3) is 5.56 Å². The number of nitrogens with two attached hydrogens (primary N) is 1. The first-order valence-electron chi connectivity index (χ1n) is 9.86. The van der Waals surface area contributed by atoms with Crippen LogP contribution in [0.15, 0.2) is 29.1 Å². The van der Waals surface area contributed by atoms with Crippen molar-refractivity contribution in [1.82, 2.24) is 9.55 Å². The second-order valence-corrected chi connectivity index (χ2v) is 8.40. The van der Waals surface area contributed by atoms with Crippen LogP contribution in [0.3, 0.4) is 0 Å². The Balaban J connectivity index is 2.26. The Bertz CT molecular complexity index is 1100. The highest BCUT2D eigenvalue weighted by Gasteiger charge is 2.22. The van der Waals surface area contributed by atoms with Gasteiger partial charge in [0.05, 0.1) is 12.5 Å². The van der Waals surface area contributed by atoms with E-state index >= 15 is 0 Å². The minimum absolute atomic E-state index is 0.0584. The molecule has 0 saturated heterocycles. The average Bonchev–Trinajstić information content (AvgIpc) is 3.08. The highest BCUT2D eigenvalue weighted by Crippen LogP contribution is 2.38. The number of primary amides is 1. The van der Waals surface area contributed by atoms with Crippen LogP contribution < -0.4 is 16.0 Å². The van der Waals surface area contributed by atoms with Crippen LogP contribution in [-0.4, -0.2) is 22.6 Å². The van der Waals surface area contributed by atoms with E-state index in [0.717, 1.165) is 38.8 Å². The summed E-state index contributed by atoms with van der Waals surface area (Å²) in [6, 6.07) is 7.77. The lowest BCUT2D eigenvalue weighted by atomic mass is 10.0. The molecular weight excluding hydrogens is 386 g/mol. The molecule has 2 N–H and O–H groups in total. The van der Waals surface area contributed by atoms with E-state index in [1.165, 1.54) is 0 Å². The zero-order valence-electron chi connectivity index (χ0n) is 17.3. The van der Waals surface area contributed by atoms with Crippen molar-refractivity contribution in [1.29, 1.82) is 0 Å². The monoisotopic (exact) mass is 413 g/mol. The molecule has 0 saturated carbocycles. The van der Waals surface area contributed by atoms with Crippen molar-refractivity contribution in [3.63, 3.8) is 0 Å². The zero-order valence-corrected chi connectivity index (χ0v) is 18.1. The molecule has 7 heteroatoms. The number of carbonyl (C=O) groups excluding carboxylic acids is 1. The fourth-order valence-corrected chi connectivity index (χ4v) is 4.68. The molecule has 1 aromatic carbocycles. The third kappa shape index (κ3) is 4.19. The van der Waals surface area contributed by atoms with Crippen molar-refractivity contribution >= 4 is 27.5 Å². The van der Waals surface area contributed by atoms with Crippen molar-refractivity contribution in [3.8, 4) is 16.9 Å². The number of aryl methyl sites for hydroxylation is 1. The van der Waals surface area contributed by atoms with Gasteiger partial charge in [-0.2, -0.15) is 0 Å². The number of rotatable bonds is 8. The van der Waals surface area contributed by atoms with Gasteiger partial charge in [-0.3, -0.25) is 14.2 Å². The number of benzene rings is 1. The summed E-state index contributed by atoms with van der Waals surface area (Å²) in [5.41, 5.74) is 7.11. The van der Waals surface area contributed by atoms with E-state index in [1.54, 1.807) is 23.0 Å². The molecule has 3 rings (SSSR count). The second-order valence-electron chi connectivity index (χ2n) is 7.32. The Morgan fingerprint density at radius 3 is 2.72 bits per heavy atom. The Kier molecular flexibility index (Phi) is 6.37. The Labute approximate surface area is 174 Å². The minimum Gasteiger partial charge on any atom is -0.497 e. The Morgan fingerprint density at radius 2 is 2.10 bits per heavy atom. The molecule has 29 heavy (non-hydrogen) atoms. The van der Waals surface area contributed by atoms with Crippen molar-refractivity contribution in [2.75, 3.05) is 7.11 Å². The maximum atomic E-state index is 13.6. The molecule has 2 aromatic heterocycles. The Morgan fingerprint density at radius 1 is 1.34 bits per heavy atom. The second kappa shape index (κ2) is 8.78. The predicted octanol–water partition coefficient (Wildman–Crippen LogP) is 4.08. The Hall–Kier alpha value is -2.67. The van der Waals surface area contributed by atoms with Gasteiger partial charge in [-0.15, -0.1) is 11.3 Å². The predicted molar refractivity (Wildman–Crippen MR) is 118 cm³/mol. The molecule has 0 unspecified atom stereocenters. The van der Waals surface area contributed by atoms with Gasteiger partial charge in [0.15, 0.2) is 0 Å². The first-order valence-corrected chi connectivity index (χ1v) is 10.7. The summed E-state index contributed by atoms with van der Waals surface area (Å²) in [7, 11) is 1.63. The van der Waals surface area contributed by atoms with Gasteiger partial charge >= 0.3 is 0 Å². The normalized spacial score (nSPS) is 11.3. The molecule has 0 radical (unpaired) electrons. The van der Waals surface area contributed by atoms with Crippen LogP contribution in [0.25, 0.3) is 21.3 Å². The number of amides is 1. The zero-order chi connectivity index (χ0) is 21.1. The van der Waals surface area contributed by atoms with Crippen molar-refractivity contribution in [3.05, 3.63) is 45.3 Å². The SMILES string of the molecule is CCc1sc2nc(C(C)C)n(CCCC(N)=O)c(=O)c2c1-c1cccc(OC)c1. The van der Waals surface area contributed by atoms with Gasteiger partial charge in [-0.25, -0.2) is 4.98 Å². The van der Waals surface area contributed by atoms with Gasteiger partial charge in [0, 0.05) is 29.3 Å². The molecule has 0 aliphatic carbocycles. The van der Waals surface area contributed by atoms with Crippen LogP contribution in [0, 0.1) is 0 Å². The fourth-order valence-electron chi connectivity index (χ4n) is 3.55. The summed E-state index contributed by atoms with van der Waals surface area (Å²) in [6.07, 6.45) is 1.57. The maximum Gasteiger partial charge on any atom is 0.262 e. The third-order valence-corrected chi connectivity index (χ3v) is 6.14. The number of nitrogens with zero attached hydrogens (tertiary/aromatic N) is 2. The number of hydrogen-bond acceptors (Lipinski definition) is 5. The molecule has 0 atom stereocenters. The van der Waals surface area contributed by atoms with Crippen LogP contribution in [0.2, 0.25) is 0 Å². The van der Waals surface area contributed by atoms with Crippen LogP contribution in [0.4, 0.5) is 0 Å². The molecule has 6 nitrogen and oxygen atoms in total. The summed E-state index contributed by atoms with van der Waals surface area (Å²) in [4.78, 5) is 31.5. The average molecular weight is 414 g/mol. The van der Waals surface area contributed by atoms with E-state index in [2.05, 4.69) is 6.92 Å². The van der Waals surface area contributed by atoms with Crippen molar-refractivity contribution in [2.24, 2.45) is 5.73 Å². The third-order valence-electron chi connectivity index (χ3n) is 4.92. The quantitative estimate of drug-likeness (QED) is 0.603. The number of thiophene rings is 1. The molecule has 0 fully saturated rings. The highest BCUT2D eigenvalue weighted by molar-refractivity contribution is 7.19. The van der Waals surface area contributed by atoms with Crippen LogP contribution in [0.1, 0.15) is 50.2 Å². The van der Waals surface area contributed by atoms with Crippen LogP contribution in [-0.2, 0) is 17.8 Å². The minimum atomic E-state index is -0.362. The number of methoxy groups -OCH3 is 1. The van der Waals surface area contributed by atoms with Gasteiger partial charge in [0.1, 0.15) is 16.4 Å². The summed E-state index contributed by atoms with van der Waals surface area (Å²) >= 11 is 1.58. The van der Waals surface area contributed by atoms with E-state index in [1.807, 2.05) is 38.1 Å². The summed E-state index contributed by atoms with van der Waals surface area (Å²) in [6.45, 7) is 6.56. The largest absolute Gasteiger partial charge is 0.497 e. The van der Waals surface area contributed by atoms with Crippen LogP contribution >= 0.6 is 11.3 Å². The van der Waals surface area contributed by atoms with Crippen molar-refractivity contribution in [2.45, 2.75) is 52.5 Å². The molecule has 3 aromatic rings. The highest BCUT2D eigenvalue weighted by atomic mass is 32.1. The molecular formula is C22H27N3O3S. The van der Waals surface area contributed by atoms with Gasteiger partial charge in [0.2, 0.25) is 5.91 Å². The topological polar surface area (TPSA) is 87.2 Å². The summed E-state index contributed by atoms with van der Waals surface area (Å²) in [5.74, 6) is 1.22. The van der Waals surface area contributed by atoms with Gasteiger partial charge in [-0.1, -0.05) is 32.9 Å². The van der Waals surface area contributed by atoms with E-state index in [-0.39, 0.29) is 23.8 Å². The van der Waals surface area contributed by atoms with E-state index in [0.29, 0.717) is 18.4 Å². The van der Waals surface area contributed by atoms with Gasteiger partial charge in [-0.05, 0) is 30.5 Å². The molecule has 154 valence electrons. The lowest BCUT2D eigenvalue weighted by Crippen LogP contribution is -2.26. The number of fused-ring (bicyclic) bond motifs is 1. The lowest BCUT2D eigenvalue weighted by Gasteiger charge is -2.15. The van der Waals surface area contributed by atoms with E-state index < -0.39 is 0 Å². The number of carbonyl (C=O) groups is 1. The summed E-state index contributed by atoms with van der Waals surface area (Å²) < 4.78 is 7.09. The molecule has 0 bridgehead atoms. The van der Waals surface area contributed by atoms with E-state index in [4.69, 9.17) is 15.5 Å². The molecule has 1 amide bonds. The number of ether oxygens (including phenoxy) is 1.